The van der Waals surface area contributed by atoms with E-state index >= 15 is 0 Å². The van der Waals surface area contributed by atoms with Crippen molar-refractivity contribution in [2.24, 2.45) is 0 Å². The number of nitrogens with one attached hydrogen (secondary N) is 1. The number of ether oxygens (including phenoxy) is 1. The van der Waals surface area contributed by atoms with Gasteiger partial charge < -0.3 is 10.1 Å². The smallest absolute Gasteiger partial charge is 0.232 e. The van der Waals surface area contributed by atoms with Gasteiger partial charge in [0.2, 0.25) is 11.8 Å². The van der Waals surface area contributed by atoms with E-state index in [9.17, 15) is 0 Å². The molecule has 9 heteroatoms. The van der Waals surface area contributed by atoms with Gasteiger partial charge in [0.15, 0.2) is 5.65 Å². The largest absolute Gasteiger partial charge is 0.481 e. The first kappa shape index (κ1) is 21.2. The van der Waals surface area contributed by atoms with Crippen molar-refractivity contribution in [3.05, 3.63) is 82.7 Å². The molecule has 3 heterocycles. The molecule has 1 N–H and O–H groups in total. The zero-order chi connectivity index (χ0) is 22.9. The Balaban J connectivity index is 1.75. The third-order valence-corrected chi connectivity index (χ3v) is 5.64. The van der Waals surface area contributed by atoms with Gasteiger partial charge >= 0.3 is 0 Å². The van der Waals surface area contributed by atoms with Crippen LogP contribution in [0.1, 0.15) is 5.82 Å². The van der Waals surface area contributed by atoms with Crippen LogP contribution in [0.3, 0.4) is 0 Å². The molecule has 0 atom stereocenters. The minimum absolute atomic E-state index is 0.498. The van der Waals surface area contributed by atoms with Crippen molar-refractivity contribution in [3.63, 3.8) is 0 Å². The number of benzene rings is 2. The second kappa shape index (κ2) is 8.69. The van der Waals surface area contributed by atoms with Crippen molar-refractivity contribution < 1.29 is 4.74 Å². The van der Waals surface area contributed by atoms with Crippen LogP contribution in [0, 0.1) is 6.92 Å². The third kappa shape index (κ3) is 4.08. The van der Waals surface area contributed by atoms with Gasteiger partial charge in [0.1, 0.15) is 11.5 Å². The van der Waals surface area contributed by atoms with Gasteiger partial charge in [0, 0.05) is 16.7 Å². The van der Waals surface area contributed by atoms with Crippen LogP contribution in [0.15, 0.2) is 66.9 Å². The number of rotatable bonds is 5. The quantitative estimate of drug-likeness (QED) is 0.324. The summed E-state index contributed by atoms with van der Waals surface area (Å²) < 4.78 is 6.82. The zero-order valence-electron chi connectivity index (χ0n) is 17.8. The lowest BCUT2D eigenvalue weighted by Gasteiger charge is -2.09. The molecule has 0 saturated carbocycles. The molecular weight excluding hydrogens is 459 g/mol. The van der Waals surface area contributed by atoms with E-state index in [0.29, 0.717) is 39.0 Å². The Morgan fingerprint density at radius 3 is 2.42 bits per heavy atom. The average Bonchev–Trinajstić information content (AvgIpc) is 3.19. The molecule has 7 nitrogen and oxygen atoms in total. The molecule has 0 aliphatic carbocycles. The minimum atomic E-state index is 0.498. The van der Waals surface area contributed by atoms with Crippen LogP contribution < -0.4 is 10.1 Å². The highest BCUT2D eigenvalue weighted by atomic mass is 35.5. The van der Waals surface area contributed by atoms with Crippen LogP contribution in [0.5, 0.6) is 5.88 Å². The fraction of sp³-hybridized carbons (Fsp3) is 0.0833. The molecule has 2 aromatic carbocycles. The molecule has 3 aromatic heterocycles. The highest BCUT2D eigenvalue weighted by molar-refractivity contribution is 6.33. The number of methoxy groups -OCH3 is 1. The molecule has 0 fully saturated rings. The van der Waals surface area contributed by atoms with E-state index in [2.05, 4.69) is 15.3 Å². The fourth-order valence-electron chi connectivity index (χ4n) is 3.55. The van der Waals surface area contributed by atoms with Crippen molar-refractivity contribution in [3.8, 4) is 28.3 Å². The van der Waals surface area contributed by atoms with E-state index in [4.69, 9.17) is 38.0 Å². The summed E-state index contributed by atoms with van der Waals surface area (Å²) in [6, 6.07) is 18.8. The van der Waals surface area contributed by atoms with Crippen LogP contribution in [-0.4, -0.2) is 31.7 Å². The predicted octanol–water partition coefficient (Wildman–Crippen LogP) is 6.22. The van der Waals surface area contributed by atoms with E-state index in [1.165, 1.54) is 0 Å². The number of aryl methyl sites for hydroxylation is 1. The van der Waals surface area contributed by atoms with Gasteiger partial charge in [-0.2, -0.15) is 14.6 Å². The zero-order valence-corrected chi connectivity index (χ0v) is 19.3. The van der Waals surface area contributed by atoms with Gasteiger partial charge in [0.05, 0.1) is 29.6 Å². The summed E-state index contributed by atoms with van der Waals surface area (Å²) in [5.41, 5.74) is 4.62. The van der Waals surface area contributed by atoms with Gasteiger partial charge in [0.25, 0.3) is 0 Å². The van der Waals surface area contributed by atoms with Gasteiger partial charge in [-0.15, -0.1) is 0 Å². The lowest BCUT2D eigenvalue weighted by Crippen LogP contribution is -2.06. The lowest BCUT2D eigenvalue weighted by atomic mass is 10.0. The second-order valence-corrected chi connectivity index (χ2v) is 8.10. The van der Waals surface area contributed by atoms with Gasteiger partial charge in [-0.3, -0.25) is 0 Å². The van der Waals surface area contributed by atoms with Gasteiger partial charge in [-0.1, -0.05) is 53.5 Å². The molecule has 0 amide bonds. The number of hydrogen-bond acceptors (Lipinski definition) is 6. The Morgan fingerprint density at radius 2 is 1.73 bits per heavy atom. The SMILES string of the molecule is COc1ccc(Nc2nc(C)nc3c(-c4ccc(Cl)cc4)c(-c4ccccc4Cl)nn23)cn1. The van der Waals surface area contributed by atoms with Gasteiger partial charge in [-0.05, 0) is 36.8 Å². The van der Waals surface area contributed by atoms with E-state index in [1.54, 1.807) is 23.9 Å². The standard InChI is InChI=1S/C24H18Cl2N6O/c1-14-28-23-21(15-7-9-16(25)10-8-15)22(18-5-3-4-6-19(18)26)31-32(23)24(29-14)30-17-11-12-20(33-2)27-13-17/h3-13H,1-2H3,(H,28,29,30). The van der Waals surface area contributed by atoms with Crippen LogP contribution in [0.4, 0.5) is 11.6 Å². The molecule has 0 saturated heterocycles. The van der Waals surface area contributed by atoms with Crippen molar-refractivity contribution in [1.29, 1.82) is 0 Å². The Morgan fingerprint density at radius 1 is 0.939 bits per heavy atom. The second-order valence-electron chi connectivity index (χ2n) is 7.25. The molecule has 0 aliphatic rings. The van der Waals surface area contributed by atoms with Crippen molar-refractivity contribution >= 4 is 40.5 Å². The maximum Gasteiger partial charge on any atom is 0.232 e. The van der Waals surface area contributed by atoms with Gasteiger partial charge in [-0.25, -0.2) is 9.97 Å². The number of hydrogen-bond donors (Lipinski definition) is 1. The maximum atomic E-state index is 6.56. The maximum absolute atomic E-state index is 6.56. The molecular formula is C24H18Cl2N6O. The first-order valence-electron chi connectivity index (χ1n) is 10.1. The first-order valence-corrected chi connectivity index (χ1v) is 10.8. The Bertz CT molecular complexity index is 1450. The summed E-state index contributed by atoms with van der Waals surface area (Å²) >= 11 is 12.7. The lowest BCUT2D eigenvalue weighted by molar-refractivity contribution is 0.398. The van der Waals surface area contributed by atoms with Crippen LogP contribution in [0.25, 0.3) is 28.0 Å². The van der Waals surface area contributed by atoms with E-state index in [-0.39, 0.29) is 0 Å². The number of anilines is 2. The summed E-state index contributed by atoms with van der Waals surface area (Å²) in [5, 5.41) is 9.40. The molecule has 33 heavy (non-hydrogen) atoms. The Kier molecular flexibility index (Phi) is 5.58. The normalized spacial score (nSPS) is 11.0. The average molecular weight is 477 g/mol. The number of nitrogens with zero attached hydrogens (tertiary/aromatic N) is 5. The summed E-state index contributed by atoms with van der Waals surface area (Å²) in [6.07, 6.45) is 1.67. The number of pyridine rings is 1. The summed E-state index contributed by atoms with van der Waals surface area (Å²) in [4.78, 5) is 13.5. The molecule has 0 unspecified atom stereocenters. The van der Waals surface area contributed by atoms with Crippen LogP contribution in [-0.2, 0) is 0 Å². The Labute approximate surface area is 200 Å². The monoisotopic (exact) mass is 476 g/mol. The highest BCUT2D eigenvalue weighted by Crippen LogP contribution is 2.38. The van der Waals surface area contributed by atoms with Crippen molar-refractivity contribution in [2.45, 2.75) is 6.92 Å². The predicted molar refractivity (Wildman–Crippen MR) is 130 cm³/mol. The van der Waals surface area contributed by atoms with Crippen LogP contribution in [0.2, 0.25) is 10.0 Å². The Hall–Kier alpha value is -3.68. The topological polar surface area (TPSA) is 77.2 Å². The summed E-state index contributed by atoms with van der Waals surface area (Å²) in [5.74, 6) is 1.61. The van der Waals surface area contributed by atoms with E-state index in [1.807, 2.05) is 61.5 Å². The molecule has 0 spiro atoms. The number of aromatic nitrogens is 5. The van der Waals surface area contributed by atoms with E-state index < -0.39 is 0 Å². The third-order valence-electron chi connectivity index (χ3n) is 5.06. The number of fused-ring (bicyclic) bond motifs is 1. The summed E-state index contributed by atoms with van der Waals surface area (Å²) in [6.45, 7) is 1.84. The fourth-order valence-corrected chi connectivity index (χ4v) is 3.90. The molecule has 0 radical (unpaired) electrons. The van der Waals surface area contributed by atoms with Crippen molar-refractivity contribution in [1.82, 2.24) is 24.6 Å². The molecule has 0 aliphatic heterocycles. The molecule has 5 aromatic rings. The van der Waals surface area contributed by atoms with E-state index in [0.717, 1.165) is 22.4 Å². The highest BCUT2D eigenvalue weighted by Gasteiger charge is 2.22. The first-order chi connectivity index (χ1) is 16.0. The molecule has 0 bridgehead atoms. The van der Waals surface area contributed by atoms with Crippen LogP contribution >= 0.6 is 23.2 Å². The molecule has 5 rings (SSSR count). The minimum Gasteiger partial charge on any atom is -0.481 e. The number of halogens is 2. The molecule has 164 valence electrons. The summed E-state index contributed by atoms with van der Waals surface area (Å²) in [7, 11) is 1.57. The van der Waals surface area contributed by atoms with Crippen molar-refractivity contribution in [2.75, 3.05) is 12.4 Å².